The standard InChI is InChI=1S/C12H24N2O2/c1-16-9-12(15)7-13-6-10-4-5-14(8-10)11-2-3-11/h10-13,15H,2-9H2,1H3. The Labute approximate surface area is 98.0 Å². The summed E-state index contributed by atoms with van der Waals surface area (Å²) in [5.41, 5.74) is 0. The molecule has 0 aromatic carbocycles. The minimum absolute atomic E-state index is 0.370. The van der Waals surface area contributed by atoms with E-state index in [1.165, 1.54) is 32.4 Å². The highest BCUT2D eigenvalue weighted by atomic mass is 16.5. The monoisotopic (exact) mass is 228 g/mol. The van der Waals surface area contributed by atoms with Gasteiger partial charge in [-0.05, 0) is 38.3 Å². The second kappa shape index (κ2) is 5.96. The Kier molecular flexibility index (Phi) is 4.58. The smallest absolute Gasteiger partial charge is 0.0897 e. The molecule has 0 aromatic heterocycles. The first-order chi connectivity index (χ1) is 7.79. The van der Waals surface area contributed by atoms with Gasteiger partial charge in [-0.3, -0.25) is 0 Å². The van der Waals surface area contributed by atoms with E-state index in [-0.39, 0.29) is 6.10 Å². The van der Waals surface area contributed by atoms with E-state index < -0.39 is 0 Å². The van der Waals surface area contributed by atoms with E-state index in [0.29, 0.717) is 13.2 Å². The van der Waals surface area contributed by atoms with Gasteiger partial charge in [0.25, 0.3) is 0 Å². The third-order valence-electron chi connectivity index (χ3n) is 3.55. The topological polar surface area (TPSA) is 44.7 Å². The molecule has 2 rings (SSSR count). The molecule has 1 saturated carbocycles. The molecule has 2 unspecified atom stereocenters. The lowest BCUT2D eigenvalue weighted by atomic mass is 10.1. The Morgan fingerprint density at radius 2 is 2.25 bits per heavy atom. The number of likely N-dealkylation sites (tertiary alicyclic amines) is 1. The largest absolute Gasteiger partial charge is 0.389 e. The summed E-state index contributed by atoms with van der Waals surface area (Å²) < 4.78 is 4.88. The van der Waals surface area contributed by atoms with Gasteiger partial charge in [0, 0.05) is 26.2 Å². The second-order valence-electron chi connectivity index (χ2n) is 5.15. The Morgan fingerprint density at radius 1 is 1.44 bits per heavy atom. The third-order valence-corrected chi connectivity index (χ3v) is 3.55. The van der Waals surface area contributed by atoms with Crippen LogP contribution in [-0.2, 0) is 4.74 Å². The van der Waals surface area contributed by atoms with Crippen molar-refractivity contribution in [2.24, 2.45) is 5.92 Å². The van der Waals surface area contributed by atoms with E-state index in [0.717, 1.165) is 18.5 Å². The molecule has 94 valence electrons. The van der Waals surface area contributed by atoms with Gasteiger partial charge in [-0.2, -0.15) is 0 Å². The molecule has 2 atom stereocenters. The van der Waals surface area contributed by atoms with Crippen molar-refractivity contribution in [2.75, 3.05) is 39.9 Å². The summed E-state index contributed by atoms with van der Waals surface area (Å²) in [7, 11) is 1.62. The average Bonchev–Trinajstić information content (AvgIpc) is 3.00. The number of rotatable bonds is 7. The van der Waals surface area contributed by atoms with Crippen LogP contribution in [0.4, 0.5) is 0 Å². The van der Waals surface area contributed by atoms with Gasteiger partial charge in [0.15, 0.2) is 0 Å². The van der Waals surface area contributed by atoms with Gasteiger partial charge in [0.2, 0.25) is 0 Å². The van der Waals surface area contributed by atoms with Crippen molar-refractivity contribution >= 4 is 0 Å². The fourth-order valence-corrected chi connectivity index (χ4v) is 2.51. The van der Waals surface area contributed by atoms with Crippen molar-refractivity contribution in [1.29, 1.82) is 0 Å². The minimum atomic E-state index is -0.370. The van der Waals surface area contributed by atoms with Crippen LogP contribution in [0.2, 0.25) is 0 Å². The van der Waals surface area contributed by atoms with Crippen LogP contribution < -0.4 is 5.32 Å². The summed E-state index contributed by atoms with van der Waals surface area (Å²) in [6.07, 6.45) is 3.76. The highest BCUT2D eigenvalue weighted by Crippen LogP contribution is 2.31. The molecule has 0 spiro atoms. The maximum Gasteiger partial charge on any atom is 0.0897 e. The van der Waals surface area contributed by atoms with Crippen LogP contribution in [0.1, 0.15) is 19.3 Å². The van der Waals surface area contributed by atoms with Gasteiger partial charge in [0.1, 0.15) is 0 Å². The highest BCUT2D eigenvalue weighted by Gasteiger charge is 2.33. The summed E-state index contributed by atoms with van der Waals surface area (Å²) in [6, 6.07) is 0.907. The molecule has 0 amide bonds. The Hall–Kier alpha value is -0.160. The summed E-state index contributed by atoms with van der Waals surface area (Å²) in [4.78, 5) is 2.62. The van der Waals surface area contributed by atoms with Crippen LogP contribution in [0, 0.1) is 5.92 Å². The molecule has 4 heteroatoms. The number of nitrogens with zero attached hydrogens (tertiary/aromatic N) is 1. The number of nitrogens with one attached hydrogen (secondary N) is 1. The quantitative estimate of drug-likeness (QED) is 0.647. The Bertz CT molecular complexity index is 209. The third kappa shape index (κ3) is 3.70. The van der Waals surface area contributed by atoms with Crippen molar-refractivity contribution in [3.8, 4) is 0 Å². The summed E-state index contributed by atoms with van der Waals surface area (Å²) in [5, 5.41) is 12.8. The highest BCUT2D eigenvalue weighted by molar-refractivity contribution is 4.89. The van der Waals surface area contributed by atoms with Crippen molar-refractivity contribution in [3.05, 3.63) is 0 Å². The fraction of sp³-hybridized carbons (Fsp3) is 1.00. The predicted molar refractivity (Wildman–Crippen MR) is 63.5 cm³/mol. The molecule has 2 aliphatic rings. The molecule has 16 heavy (non-hydrogen) atoms. The molecule has 2 N–H and O–H groups in total. The van der Waals surface area contributed by atoms with Crippen LogP contribution in [0.5, 0.6) is 0 Å². The van der Waals surface area contributed by atoms with Gasteiger partial charge in [-0.25, -0.2) is 0 Å². The molecule has 1 aliphatic carbocycles. The maximum atomic E-state index is 9.48. The average molecular weight is 228 g/mol. The number of aliphatic hydroxyl groups excluding tert-OH is 1. The Morgan fingerprint density at radius 3 is 2.94 bits per heavy atom. The first kappa shape index (κ1) is 12.3. The van der Waals surface area contributed by atoms with Crippen LogP contribution in [-0.4, -0.2) is 62.0 Å². The molecule has 0 bridgehead atoms. The number of hydrogen-bond acceptors (Lipinski definition) is 4. The van der Waals surface area contributed by atoms with Crippen molar-refractivity contribution < 1.29 is 9.84 Å². The van der Waals surface area contributed by atoms with Crippen molar-refractivity contribution in [3.63, 3.8) is 0 Å². The van der Waals surface area contributed by atoms with E-state index in [9.17, 15) is 5.11 Å². The van der Waals surface area contributed by atoms with Crippen LogP contribution in [0.3, 0.4) is 0 Å². The van der Waals surface area contributed by atoms with E-state index in [1.54, 1.807) is 7.11 Å². The molecule has 1 saturated heterocycles. The van der Waals surface area contributed by atoms with E-state index >= 15 is 0 Å². The number of hydrogen-bond donors (Lipinski definition) is 2. The van der Waals surface area contributed by atoms with Crippen LogP contribution in [0.25, 0.3) is 0 Å². The predicted octanol–water partition coefficient (Wildman–Crippen LogP) is 0.0676. The number of ether oxygens (including phenoxy) is 1. The zero-order chi connectivity index (χ0) is 11.4. The molecule has 1 aliphatic heterocycles. The van der Waals surface area contributed by atoms with Gasteiger partial charge < -0.3 is 20.1 Å². The fourth-order valence-electron chi connectivity index (χ4n) is 2.51. The lowest BCUT2D eigenvalue weighted by molar-refractivity contribution is 0.0640. The van der Waals surface area contributed by atoms with Gasteiger partial charge in [-0.1, -0.05) is 0 Å². The molecular formula is C12H24N2O2. The lowest BCUT2D eigenvalue weighted by Gasteiger charge is -2.16. The summed E-state index contributed by atoms with van der Waals surface area (Å²) in [5.74, 6) is 0.773. The van der Waals surface area contributed by atoms with E-state index in [4.69, 9.17) is 4.74 Å². The summed E-state index contributed by atoms with van der Waals surface area (Å²) in [6.45, 7) is 4.62. The normalized spacial score (nSPS) is 28.5. The van der Waals surface area contributed by atoms with Crippen molar-refractivity contribution in [1.82, 2.24) is 10.2 Å². The first-order valence-electron chi connectivity index (χ1n) is 6.41. The SMILES string of the molecule is COCC(O)CNCC1CCN(C2CC2)C1. The molecule has 4 nitrogen and oxygen atoms in total. The van der Waals surface area contributed by atoms with Crippen LogP contribution in [0.15, 0.2) is 0 Å². The molecule has 0 aromatic rings. The molecule has 2 fully saturated rings. The van der Waals surface area contributed by atoms with Crippen molar-refractivity contribution in [2.45, 2.75) is 31.4 Å². The first-order valence-corrected chi connectivity index (χ1v) is 6.41. The second-order valence-corrected chi connectivity index (χ2v) is 5.15. The molecule has 1 heterocycles. The number of methoxy groups -OCH3 is 1. The molecule has 0 radical (unpaired) electrons. The van der Waals surface area contributed by atoms with Gasteiger partial charge >= 0.3 is 0 Å². The van der Waals surface area contributed by atoms with Crippen LogP contribution >= 0.6 is 0 Å². The minimum Gasteiger partial charge on any atom is -0.389 e. The zero-order valence-corrected chi connectivity index (χ0v) is 10.2. The Balaban J connectivity index is 1.53. The van der Waals surface area contributed by atoms with Gasteiger partial charge in [-0.15, -0.1) is 0 Å². The van der Waals surface area contributed by atoms with Gasteiger partial charge in [0.05, 0.1) is 12.7 Å². The van der Waals surface area contributed by atoms with E-state index in [1.807, 2.05) is 0 Å². The lowest BCUT2D eigenvalue weighted by Crippen LogP contribution is -2.34. The molecular weight excluding hydrogens is 204 g/mol. The van der Waals surface area contributed by atoms with E-state index in [2.05, 4.69) is 10.2 Å². The number of aliphatic hydroxyl groups is 1. The maximum absolute atomic E-state index is 9.48. The summed E-state index contributed by atoms with van der Waals surface area (Å²) >= 11 is 0. The zero-order valence-electron chi connectivity index (χ0n) is 10.2.